The van der Waals surface area contributed by atoms with Gasteiger partial charge >= 0.3 is 0 Å². The minimum absolute atomic E-state index is 0.0960. The molecule has 3 aromatic rings. The maximum Gasteiger partial charge on any atom is 0.260 e. The van der Waals surface area contributed by atoms with Gasteiger partial charge < -0.3 is 13.9 Å². The van der Waals surface area contributed by atoms with Gasteiger partial charge in [0.05, 0.1) is 18.7 Å². The van der Waals surface area contributed by atoms with E-state index in [1.54, 1.807) is 24.0 Å². The molecule has 4 rings (SSSR count). The van der Waals surface area contributed by atoms with Crippen molar-refractivity contribution in [2.45, 2.75) is 51.9 Å². The van der Waals surface area contributed by atoms with Crippen molar-refractivity contribution < 1.29 is 31.9 Å². The van der Waals surface area contributed by atoms with Crippen LogP contribution in [0, 0.1) is 12.7 Å². The lowest BCUT2D eigenvalue weighted by atomic mass is 9.98. The van der Waals surface area contributed by atoms with Gasteiger partial charge in [-0.25, -0.2) is 18.2 Å². The van der Waals surface area contributed by atoms with Crippen LogP contribution in [0.1, 0.15) is 60.5 Å². The lowest BCUT2D eigenvalue weighted by Gasteiger charge is -2.32. The summed E-state index contributed by atoms with van der Waals surface area (Å²) >= 11 is 0. The third-order valence-electron chi connectivity index (χ3n) is 6.65. The number of piperidine rings is 1. The third-order valence-corrected chi connectivity index (χ3v) is 6.65. The number of ether oxygens (including phenoxy) is 2. The Labute approximate surface area is 208 Å². The molecule has 0 spiro atoms. The molecule has 194 valence electrons. The first-order valence-electron chi connectivity index (χ1n) is 12.2. The zero-order chi connectivity index (χ0) is 25.9. The lowest BCUT2D eigenvalue weighted by molar-refractivity contribution is -0.0657. The summed E-state index contributed by atoms with van der Waals surface area (Å²) in [4.78, 5) is 18.5. The predicted octanol–water partition coefficient (Wildman–Crippen LogP) is 6.16. The molecule has 0 N–H and O–H groups in total. The molecule has 6 nitrogen and oxygen atoms in total. The number of carbonyl (C=O) groups is 1. The Kier molecular flexibility index (Phi) is 7.88. The van der Waals surface area contributed by atoms with Crippen LogP contribution in [0.15, 0.2) is 35.1 Å². The first-order valence-corrected chi connectivity index (χ1v) is 12.2. The Morgan fingerprint density at radius 3 is 2.61 bits per heavy atom. The molecule has 2 heterocycles. The van der Waals surface area contributed by atoms with E-state index in [9.17, 15) is 18.0 Å². The zero-order valence-corrected chi connectivity index (χ0v) is 20.8. The molecular formula is C27H31F3N2O4. The Morgan fingerprint density at radius 2 is 1.92 bits per heavy atom. The van der Waals surface area contributed by atoms with Crippen LogP contribution in [0.4, 0.5) is 13.2 Å². The van der Waals surface area contributed by atoms with Crippen molar-refractivity contribution in [2.75, 3.05) is 32.8 Å². The predicted molar refractivity (Wildman–Crippen MR) is 130 cm³/mol. The van der Waals surface area contributed by atoms with Crippen LogP contribution in [0.25, 0.3) is 11.1 Å². The van der Waals surface area contributed by atoms with Crippen molar-refractivity contribution in [3.63, 3.8) is 0 Å². The van der Waals surface area contributed by atoms with Crippen molar-refractivity contribution in [3.05, 3.63) is 53.2 Å². The van der Waals surface area contributed by atoms with Crippen LogP contribution >= 0.6 is 0 Å². The second-order valence-electron chi connectivity index (χ2n) is 9.42. The number of Topliss-reactive ketones (excluding diaryl/α,β-unsaturated/α-hetero) is 1. The molecule has 0 bridgehead atoms. The second-order valence-corrected chi connectivity index (χ2v) is 9.42. The van der Waals surface area contributed by atoms with Crippen LogP contribution in [0.3, 0.4) is 0 Å². The molecule has 0 saturated carbocycles. The maximum absolute atomic E-state index is 13.8. The van der Waals surface area contributed by atoms with E-state index < -0.39 is 5.92 Å². The number of oxazole rings is 1. The maximum atomic E-state index is 13.8. The number of fused-ring (bicyclic) bond motifs is 1. The summed E-state index contributed by atoms with van der Waals surface area (Å²) < 4.78 is 58.6. The van der Waals surface area contributed by atoms with Gasteiger partial charge in [-0.3, -0.25) is 9.69 Å². The first kappa shape index (κ1) is 26.0. The summed E-state index contributed by atoms with van der Waals surface area (Å²) in [7, 11) is 0. The quantitative estimate of drug-likeness (QED) is 0.308. The molecule has 1 aliphatic heterocycles. The van der Waals surface area contributed by atoms with E-state index in [1.165, 1.54) is 25.5 Å². The van der Waals surface area contributed by atoms with E-state index in [4.69, 9.17) is 13.9 Å². The number of aromatic nitrogens is 1. The van der Waals surface area contributed by atoms with Crippen LogP contribution in [0.2, 0.25) is 0 Å². The number of hydrogen-bond acceptors (Lipinski definition) is 6. The minimum atomic E-state index is -2.70. The summed E-state index contributed by atoms with van der Waals surface area (Å²) in [5.74, 6) is -2.61. The highest BCUT2D eigenvalue weighted by Crippen LogP contribution is 2.42. The Hall–Kier alpha value is -3.07. The number of rotatable bonds is 10. The molecule has 1 aromatic heterocycles. The summed E-state index contributed by atoms with van der Waals surface area (Å²) in [6.45, 7) is 6.17. The third kappa shape index (κ3) is 5.83. The Balaban J connectivity index is 1.54. The van der Waals surface area contributed by atoms with Gasteiger partial charge in [-0.1, -0.05) is 19.1 Å². The number of carbonyl (C=O) groups excluding carboxylic acids is 1. The first-order chi connectivity index (χ1) is 17.2. The molecular weight excluding hydrogens is 473 g/mol. The molecule has 0 amide bonds. The van der Waals surface area contributed by atoms with E-state index in [0.29, 0.717) is 48.2 Å². The average Bonchev–Trinajstić information content (AvgIpc) is 3.31. The number of benzene rings is 2. The molecule has 0 aliphatic carbocycles. The van der Waals surface area contributed by atoms with Crippen molar-refractivity contribution in [2.24, 2.45) is 0 Å². The van der Waals surface area contributed by atoms with Crippen LogP contribution in [-0.4, -0.2) is 54.4 Å². The average molecular weight is 505 g/mol. The molecule has 1 fully saturated rings. The number of halogens is 3. The van der Waals surface area contributed by atoms with Crippen molar-refractivity contribution >= 4 is 16.9 Å². The van der Waals surface area contributed by atoms with E-state index in [-0.39, 0.29) is 55.2 Å². The summed E-state index contributed by atoms with van der Waals surface area (Å²) in [5.41, 5.74) is 2.80. The van der Waals surface area contributed by atoms with Gasteiger partial charge in [0, 0.05) is 13.0 Å². The number of nitrogens with zero attached hydrogens (tertiary/aromatic N) is 2. The minimum Gasteiger partial charge on any atom is -0.487 e. The van der Waals surface area contributed by atoms with Crippen molar-refractivity contribution in [1.29, 1.82) is 0 Å². The highest BCUT2D eigenvalue weighted by molar-refractivity contribution is 6.04. The van der Waals surface area contributed by atoms with Gasteiger partial charge in [0.15, 0.2) is 17.9 Å². The highest BCUT2D eigenvalue weighted by atomic mass is 19.3. The van der Waals surface area contributed by atoms with Gasteiger partial charge in [0.1, 0.15) is 17.9 Å². The number of hydrogen-bond donors (Lipinski definition) is 0. The topological polar surface area (TPSA) is 64.8 Å². The Bertz CT molecular complexity index is 1210. The normalized spacial score (nSPS) is 16.7. The van der Waals surface area contributed by atoms with E-state index in [0.717, 1.165) is 5.56 Å². The van der Waals surface area contributed by atoms with Gasteiger partial charge in [0.2, 0.25) is 11.3 Å². The van der Waals surface area contributed by atoms with E-state index in [1.807, 2.05) is 6.92 Å². The van der Waals surface area contributed by atoms with Crippen molar-refractivity contribution in [1.82, 2.24) is 9.88 Å². The van der Waals surface area contributed by atoms with Crippen LogP contribution in [0.5, 0.6) is 11.5 Å². The van der Waals surface area contributed by atoms with Crippen LogP contribution < -0.4 is 9.47 Å². The fourth-order valence-electron chi connectivity index (χ4n) is 4.68. The number of ketones is 1. The summed E-state index contributed by atoms with van der Waals surface area (Å²) in [5, 5.41) is 0. The fourth-order valence-corrected chi connectivity index (χ4v) is 4.68. The van der Waals surface area contributed by atoms with Gasteiger partial charge in [-0.2, -0.15) is 0 Å². The largest absolute Gasteiger partial charge is 0.487 e. The van der Waals surface area contributed by atoms with Gasteiger partial charge in [-0.15, -0.1) is 0 Å². The Morgan fingerprint density at radius 1 is 1.19 bits per heavy atom. The van der Waals surface area contributed by atoms with Gasteiger partial charge in [0.25, 0.3) is 5.92 Å². The van der Waals surface area contributed by atoms with E-state index >= 15 is 0 Å². The summed E-state index contributed by atoms with van der Waals surface area (Å²) in [6.07, 6.45) is 2.23. The number of likely N-dealkylation sites (tertiary alicyclic amines) is 1. The molecule has 0 radical (unpaired) electrons. The van der Waals surface area contributed by atoms with Gasteiger partial charge in [-0.05, 0) is 62.4 Å². The highest BCUT2D eigenvalue weighted by Gasteiger charge is 2.35. The molecule has 2 aromatic carbocycles. The SMILES string of the molecule is CC(=O)c1c(OCCN2CCCC(F)(F)C2)c(OCCC(C)c2ccc(F)cc2)c2ocnc2c1C. The fraction of sp³-hybridized carbons (Fsp3) is 0.481. The summed E-state index contributed by atoms with van der Waals surface area (Å²) in [6, 6.07) is 6.34. The molecule has 1 aliphatic rings. The molecule has 9 heteroatoms. The molecule has 1 saturated heterocycles. The van der Waals surface area contributed by atoms with Crippen molar-refractivity contribution in [3.8, 4) is 11.5 Å². The smallest absolute Gasteiger partial charge is 0.260 e. The van der Waals surface area contributed by atoms with Crippen LogP contribution in [-0.2, 0) is 0 Å². The number of aryl methyl sites for hydroxylation is 1. The number of alkyl halides is 2. The standard InChI is InChI=1S/C27H31F3N2O4/c1-17(20-5-7-21(28)8-6-20)9-13-34-26-24(35-14-12-32-11-4-10-27(29,30)15-32)22(19(3)33)18(2)23-25(26)36-16-31-23/h5-8,16-17H,4,9-15H2,1-3H3. The molecule has 1 atom stereocenters. The van der Waals surface area contributed by atoms with E-state index in [2.05, 4.69) is 4.98 Å². The molecule has 36 heavy (non-hydrogen) atoms. The molecule has 1 unspecified atom stereocenters. The lowest BCUT2D eigenvalue weighted by Crippen LogP contribution is -2.44. The second kappa shape index (κ2) is 10.9. The zero-order valence-electron chi connectivity index (χ0n) is 20.8. The monoisotopic (exact) mass is 504 g/mol.